The fraction of sp³-hybridized carbons (Fsp3) is 0.556. The lowest BCUT2D eigenvalue weighted by Crippen LogP contribution is -2.50. The van der Waals surface area contributed by atoms with Gasteiger partial charge in [-0.15, -0.1) is 0 Å². The summed E-state index contributed by atoms with van der Waals surface area (Å²) >= 11 is 0. The minimum absolute atomic E-state index is 0.290. The minimum atomic E-state index is -1.13. The Morgan fingerprint density at radius 1 is 1.30 bits per heavy atom. The quantitative estimate of drug-likeness (QED) is 0.841. The summed E-state index contributed by atoms with van der Waals surface area (Å²) in [4.78, 5) is 25.2. The van der Waals surface area contributed by atoms with Crippen LogP contribution in [0.25, 0.3) is 0 Å². The summed E-state index contributed by atoms with van der Waals surface area (Å²) in [6.45, 7) is 7.41. The lowest BCUT2D eigenvalue weighted by molar-refractivity contribution is -0.165. The highest BCUT2D eigenvalue weighted by Crippen LogP contribution is 2.65. The molecule has 2 bridgehead atoms. The number of aliphatic hydroxyl groups excluding tert-OH is 1. The van der Waals surface area contributed by atoms with Crippen molar-refractivity contribution >= 4 is 17.6 Å². The molecule has 23 heavy (non-hydrogen) atoms. The van der Waals surface area contributed by atoms with Crippen molar-refractivity contribution in [3.05, 3.63) is 29.8 Å². The first-order valence-electron chi connectivity index (χ1n) is 7.97. The average molecular weight is 317 g/mol. The summed E-state index contributed by atoms with van der Waals surface area (Å²) < 4.78 is 5.58. The number of benzene rings is 1. The highest BCUT2D eigenvalue weighted by atomic mass is 16.6. The van der Waals surface area contributed by atoms with Crippen LogP contribution in [0.5, 0.6) is 0 Å². The number of carbonyl (C=O) groups is 2. The summed E-state index contributed by atoms with van der Waals surface area (Å²) in [5, 5.41) is 12.5. The van der Waals surface area contributed by atoms with Crippen LogP contribution in [0.3, 0.4) is 0 Å². The summed E-state index contributed by atoms with van der Waals surface area (Å²) in [5.74, 6) is -0.582. The maximum Gasteiger partial charge on any atom is 0.313 e. The number of rotatable bonds is 3. The number of ether oxygens (including phenoxy) is 1. The molecule has 1 aromatic rings. The van der Waals surface area contributed by atoms with Crippen molar-refractivity contribution in [2.45, 2.75) is 52.2 Å². The second kappa shape index (κ2) is 4.81. The number of nitrogens with one attached hydrogen (secondary N) is 1. The molecular formula is C18H23NO4. The molecule has 1 aliphatic carbocycles. The van der Waals surface area contributed by atoms with Gasteiger partial charge in [0.05, 0.1) is 11.5 Å². The number of fused-ring (bicyclic) bond motifs is 2. The van der Waals surface area contributed by atoms with Gasteiger partial charge in [-0.3, -0.25) is 9.59 Å². The number of hydrogen-bond donors (Lipinski definition) is 2. The van der Waals surface area contributed by atoms with Gasteiger partial charge in [-0.2, -0.15) is 0 Å². The summed E-state index contributed by atoms with van der Waals surface area (Å²) in [6.07, 6.45) is 0.574. The van der Waals surface area contributed by atoms with Gasteiger partial charge >= 0.3 is 5.97 Å². The maximum atomic E-state index is 12.9. The zero-order valence-electron chi connectivity index (χ0n) is 14.0. The molecule has 0 radical (unpaired) electrons. The van der Waals surface area contributed by atoms with Crippen LogP contribution < -0.4 is 5.32 Å². The van der Waals surface area contributed by atoms with Crippen molar-refractivity contribution in [3.63, 3.8) is 0 Å². The Hall–Kier alpha value is -1.88. The van der Waals surface area contributed by atoms with E-state index in [0.29, 0.717) is 18.5 Å². The van der Waals surface area contributed by atoms with Crippen LogP contribution in [0.15, 0.2) is 24.3 Å². The first kappa shape index (κ1) is 16.0. The van der Waals surface area contributed by atoms with Gasteiger partial charge in [0, 0.05) is 11.1 Å². The van der Waals surface area contributed by atoms with E-state index < -0.39 is 22.5 Å². The highest BCUT2D eigenvalue weighted by molar-refractivity contribution is 6.03. The molecule has 1 saturated carbocycles. The minimum Gasteiger partial charge on any atom is -0.448 e. The van der Waals surface area contributed by atoms with Crippen molar-refractivity contribution in [3.8, 4) is 0 Å². The standard InChI is InChI=1S/C18H23NO4/c1-11(20)12-6-5-7-13(10-12)19-14(21)18-9-8-17(4,15(22)23-18)16(18,2)3/h5-7,10-11,20H,8-9H2,1-4H3,(H,19,21)/t11-,17+,18+/m0/s1. The summed E-state index contributed by atoms with van der Waals surface area (Å²) in [5.41, 5.74) is -0.997. The largest absolute Gasteiger partial charge is 0.448 e. The number of aliphatic hydroxyl groups is 1. The van der Waals surface area contributed by atoms with E-state index in [0.717, 1.165) is 5.56 Å². The molecule has 1 aliphatic heterocycles. The van der Waals surface area contributed by atoms with E-state index >= 15 is 0 Å². The van der Waals surface area contributed by atoms with Crippen LogP contribution in [0.4, 0.5) is 5.69 Å². The molecule has 1 saturated heterocycles. The summed E-state index contributed by atoms with van der Waals surface area (Å²) in [6, 6.07) is 7.07. The van der Waals surface area contributed by atoms with Crippen LogP contribution in [0.2, 0.25) is 0 Å². The van der Waals surface area contributed by atoms with Crippen LogP contribution in [0, 0.1) is 10.8 Å². The lowest BCUT2D eigenvalue weighted by atomic mass is 9.66. The smallest absolute Gasteiger partial charge is 0.313 e. The Morgan fingerprint density at radius 2 is 2.00 bits per heavy atom. The molecule has 2 aliphatic rings. The molecule has 3 rings (SSSR count). The van der Waals surface area contributed by atoms with Crippen LogP contribution >= 0.6 is 0 Å². The van der Waals surface area contributed by atoms with Crippen LogP contribution in [0.1, 0.15) is 52.2 Å². The van der Waals surface area contributed by atoms with Gasteiger partial charge in [-0.05, 0) is 44.4 Å². The predicted octanol–water partition coefficient (Wildman–Crippen LogP) is 2.80. The molecule has 5 nitrogen and oxygen atoms in total. The predicted molar refractivity (Wildman–Crippen MR) is 85.7 cm³/mol. The number of esters is 1. The molecule has 2 N–H and O–H groups in total. The van der Waals surface area contributed by atoms with Crippen molar-refractivity contribution in [2.24, 2.45) is 10.8 Å². The Labute approximate surface area is 136 Å². The van der Waals surface area contributed by atoms with E-state index in [9.17, 15) is 14.7 Å². The van der Waals surface area contributed by atoms with E-state index in [2.05, 4.69) is 5.32 Å². The molecule has 0 unspecified atom stereocenters. The maximum absolute atomic E-state index is 12.9. The molecule has 124 valence electrons. The first-order valence-corrected chi connectivity index (χ1v) is 7.97. The third kappa shape index (κ3) is 1.96. The second-order valence-corrected chi connectivity index (χ2v) is 7.43. The van der Waals surface area contributed by atoms with E-state index in [4.69, 9.17) is 4.74 Å². The fourth-order valence-corrected chi connectivity index (χ4v) is 3.86. The van der Waals surface area contributed by atoms with Crippen molar-refractivity contribution in [2.75, 3.05) is 5.32 Å². The average Bonchev–Trinajstić information content (AvgIpc) is 2.78. The molecule has 1 amide bonds. The van der Waals surface area contributed by atoms with E-state index in [1.807, 2.05) is 20.8 Å². The Balaban J connectivity index is 1.90. The van der Waals surface area contributed by atoms with Gasteiger partial charge in [0.15, 0.2) is 5.60 Å². The SMILES string of the molecule is C[C@H](O)c1cccc(NC(=O)[C@@]23CC[C@](C)(C(=O)O2)C3(C)C)c1. The zero-order chi connectivity index (χ0) is 17.0. The highest BCUT2D eigenvalue weighted by Gasteiger charge is 2.75. The topological polar surface area (TPSA) is 75.6 Å². The molecule has 1 aromatic carbocycles. The number of hydrogen-bond acceptors (Lipinski definition) is 4. The van der Waals surface area contributed by atoms with Gasteiger partial charge in [-0.1, -0.05) is 26.0 Å². The fourth-order valence-electron chi connectivity index (χ4n) is 3.86. The monoisotopic (exact) mass is 317 g/mol. The second-order valence-electron chi connectivity index (χ2n) is 7.43. The van der Waals surface area contributed by atoms with Gasteiger partial charge in [0.1, 0.15) is 0 Å². The van der Waals surface area contributed by atoms with Gasteiger partial charge < -0.3 is 15.2 Å². The number of amides is 1. The molecule has 1 heterocycles. The summed E-state index contributed by atoms with van der Waals surface area (Å²) in [7, 11) is 0. The Bertz CT molecular complexity index is 681. The molecule has 5 heteroatoms. The number of anilines is 1. The van der Waals surface area contributed by atoms with Crippen molar-refractivity contribution in [1.29, 1.82) is 0 Å². The molecule has 3 atom stereocenters. The van der Waals surface area contributed by atoms with Gasteiger partial charge in [-0.25, -0.2) is 0 Å². The van der Waals surface area contributed by atoms with E-state index in [1.54, 1.807) is 31.2 Å². The van der Waals surface area contributed by atoms with Crippen LogP contribution in [-0.4, -0.2) is 22.6 Å². The first-order chi connectivity index (χ1) is 10.6. The van der Waals surface area contributed by atoms with Crippen molar-refractivity contribution in [1.82, 2.24) is 0 Å². The molecule has 2 fully saturated rings. The third-order valence-corrected chi connectivity index (χ3v) is 6.08. The normalized spacial score (nSPS) is 32.5. The Morgan fingerprint density at radius 3 is 2.52 bits per heavy atom. The van der Waals surface area contributed by atoms with Crippen LogP contribution in [-0.2, 0) is 14.3 Å². The molecule has 0 aromatic heterocycles. The van der Waals surface area contributed by atoms with E-state index in [1.165, 1.54) is 0 Å². The third-order valence-electron chi connectivity index (χ3n) is 6.08. The Kier molecular flexibility index (Phi) is 3.34. The molecule has 0 spiro atoms. The van der Waals surface area contributed by atoms with Gasteiger partial charge in [0.25, 0.3) is 5.91 Å². The zero-order valence-corrected chi connectivity index (χ0v) is 14.0. The molecular weight excluding hydrogens is 294 g/mol. The van der Waals surface area contributed by atoms with Crippen molar-refractivity contribution < 1.29 is 19.4 Å². The van der Waals surface area contributed by atoms with E-state index in [-0.39, 0.29) is 11.9 Å². The lowest BCUT2D eigenvalue weighted by Gasteiger charge is -2.35. The van der Waals surface area contributed by atoms with Gasteiger partial charge in [0.2, 0.25) is 0 Å². The number of carbonyl (C=O) groups excluding carboxylic acids is 2.